The van der Waals surface area contributed by atoms with Crippen LogP contribution in [0.2, 0.25) is 0 Å². The molecule has 6 rings (SSSR count). The Balaban J connectivity index is 1.24. The van der Waals surface area contributed by atoms with Crippen molar-refractivity contribution in [3.05, 3.63) is 36.7 Å². The standard InChI is InChI=1S/C27H35N5O/c1-33-26-18-28-24(17-29-26)27-30-23-8-4-5-9-25(23)32(27)21-10-12-31(13-11-21)22-15-19-6-2-3-7-20(14-19)16-22/h4-5,8-9,17-22H,2-3,6-7,10-16H2,1H3/t19-,20+,22?. The maximum Gasteiger partial charge on any atom is 0.232 e. The third-order valence-electron chi connectivity index (χ3n) is 8.40. The zero-order valence-electron chi connectivity index (χ0n) is 19.7. The zero-order chi connectivity index (χ0) is 22.2. The van der Waals surface area contributed by atoms with Crippen molar-refractivity contribution >= 4 is 11.0 Å². The molecular formula is C27H35N5O. The van der Waals surface area contributed by atoms with Gasteiger partial charge in [0.05, 0.1) is 30.5 Å². The number of hydrogen-bond acceptors (Lipinski definition) is 5. The number of piperidine rings is 1. The molecule has 2 aromatic heterocycles. The lowest BCUT2D eigenvalue weighted by atomic mass is 9.77. The molecule has 2 aliphatic carbocycles. The number of nitrogens with zero attached hydrogens (tertiary/aromatic N) is 5. The highest BCUT2D eigenvalue weighted by Crippen LogP contribution is 2.41. The Morgan fingerprint density at radius 1 is 0.848 bits per heavy atom. The van der Waals surface area contributed by atoms with Crippen LogP contribution in [0.25, 0.3) is 22.6 Å². The van der Waals surface area contributed by atoms with Crippen LogP contribution in [-0.4, -0.2) is 50.7 Å². The first-order chi connectivity index (χ1) is 16.3. The van der Waals surface area contributed by atoms with Crippen LogP contribution >= 0.6 is 0 Å². The Labute approximate surface area is 196 Å². The van der Waals surface area contributed by atoms with Crippen molar-refractivity contribution in [2.24, 2.45) is 11.8 Å². The number of aromatic nitrogens is 4. The molecule has 3 fully saturated rings. The van der Waals surface area contributed by atoms with Crippen LogP contribution in [0, 0.1) is 11.8 Å². The first kappa shape index (κ1) is 21.1. The zero-order valence-corrected chi connectivity index (χ0v) is 19.7. The summed E-state index contributed by atoms with van der Waals surface area (Å²) in [6, 6.07) is 9.72. The number of fused-ring (bicyclic) bond motifs is 3. The van der Waals surface area contributed by atoms with Crippen LogP contribution in [0.4, 0.5) is 0 Å². The average molecular weight is 446 g/mol. The lowest BCUT2D eigenvalue weighted by Gasteiger charge is -2.43. The van der Waals surface area contributed by atoms with Crippen molar-refractivity contribution in [3.63, 3.8) is 0 Å². The number of rotatable bonds is 4. The van der Waals surface area contributed by atoms with Crippen LogP contribution in [0.5, 0.6) is 5.88 Å². The molecular weight excluding hydrogens is 410 g/mol. The van der Waals surface area contributed by atoms with Crippen molar-refractivity contribution in [2.75, 3.05) is 20.2 Å². The molecule has 3 aromatic rings. The quantitative estimate of drug-likeness (QED) is 0.531. The van der Waals surface area contributed by atoms with E-state index in [1.54, 1.807) is 19.5 Å². The molecule has 1 aromatic carbocycles. The summed E-state index contributed by atoms with van der Waals surface area (Å²) in [5.41, 5.74) is 3.04. The maximum absolute atomic E-state index is 5.21. The molecule has 3 atom stereocenters. The highest BCUT2D eigenvalue weighted by molar-refractivity contribution is 5.80. The highest BCUT2D eigenvalue weighted by atomic mass is 16.5. The van der Waals surface area contributed by atoms with E-state index in [-0.39, 0.29) is 0 Å². The maximum atomic E-state index is 5.21. The van der Waals surface area contributed by atoms with Crippen molar-refractivity contribution in [2.45, 2.75) is 69.9 Å². The predicted octanol–water partition coefficient (Wildman–Crippen LogP) is 5.50. The smallest absolute Gasteiger partial charge is 0.232 e. The van der Waals surface area contributed by atoms with E-state index in [0.717, 1.165) is 34.9 Å². The summed E-state index contributed by atoms with van der Waals surface area (Å²) < 4.78 is 7.64. The molecule has 33 heavy (non-hydrogen) atoms. The van der Waals surface area contributed by atoms with Gasteiger partial charge in [0, 0.05) is 25.2 Å². The Hall–Kier alpha value is -2.47. The molecule has 1 unspecified atom stereocenters. The van der Waals surface area contributed by atoms with Crippen LogP contribution in [-0.2, 0) is 0 Å². The van der Waals surface area contributed by atoms with E-state index in [9.17, 15) is 0 Å². The van der Waals surface area contributed by atoms with E-state index in [2.05, 4.69) is 43.7 Å². The lowest BCUT2D eigenvalue weighted by molar-refractivity contribution is 0.0719. The third kappa shape index (κ3) is 4.14. The molecule has 6 nitrogen and oxygen atoms in total. The largest absolute Gasteiger partial charge is 0.480 e. The van der Waals surface area contributed by atoms with Gasteiger partial charge in [-0.25, -0.2) is 15.0 Å². The second kappa shape index (κ2) is 9.05. The second-order valence-corrected chi connectivity index (χ2v) is 10.4. The SMILES string of the molecule is COc1cnc(-c2nc3ccccc3n2C2CCN(C3C[C@H]4CCCC[C@@H](C3)C4)CC2)cn1. The van der Waals surface area contributed by atoms with Gasteiger partial charge in [0.15, 0.2) is 5.82 Å². The van der Waals surface area contributed by atoms with E-state index in [1.165, 1.54) is 76.4 Å². The number of likely N-dealkylation sites (tertiary alicyclic amines) is 1. The number of methoxy groups -OCH3 is 1. The molecule has 1 aliphatic heterocycles. The van der Waals surface area contributed by atoms with Gasteiger partial charge in [-0.1, -0.05) is 37.8 Å². The monoisotopic (exact) mass is 445 g/mol. The van der Waals surface area contributed by atoms with Gasteiger partial charge in [-0.2, -0.15) is 0 Å². The minimum absolute atomic E-state index is 0.443. The second-order valence-electron chi connectivity index (χ2n) is 10.4. The summed E-state index contributed by atoms with van der Waals surface area (Å²) in [4.78, 5) is 16.8. The van der Waals surface area contributed by atoms with E-state index in [0.29, 0.717) is 11.9 Å². The Kier molecular flexibility index (Phi) is 5.78. The van der Waals surface area contributed by atoms with Crippen LogP contribution < -0.4 is 4.74 Å². The average Bonchev–Trinajstić information content (AvgIpc) is 3.17. The van der Waals surface area contributed by atoms with Gasteiger partial charge in [-0.15, -0.1) is 0 Å². The van der Waals surface area contributed by atoms with Gasteiger partial charge in [0.1, 0.15) is 5.69 Å². The van der Waals surface area contributed by atoms with Crippen LogP contribution in [0.3, 0.4) is 0 Å². The molecule has 3 aliphatic rings. The van der Waals surface area contributed by atoms with E-state index < -0.39 is 0 Å². The first-order valence-corrected chi connectivity index (χ1v) is 12.9. The van der Waals surface area contributed by atoms with Gasteiger partial charge in [-0.3, -0.25) is 0 Å². The molecule has 0 radical (unpaired) electrons. The van der Waals surface area contributed by atoms with Gasteiger partial charge in [-0.05, 0) is 56.1 Å². The Morgan fingerprint density at radius 3 is 2.30 bits per heavy atom. The van der Waals surface area contributed by atoms with Crippen LogP contribution in [0.15, 0.2) is 36.7 Å². The molecule has 2 saturated carbocycles. The summed E-state index contributed by atoms with van der Waals surface area (Å²) >= 11 is 0. The van der Waals surface area contributed by atoms with Crippen molar-refractivity contribution in [3.8, 4) is 17.4 Å². The number of benzene rings is 1. The molecule has 0 N–H and O–H groups in total. The fourth-order valence-corrected chi connectivity index (χ4v) is 6.81. The predicted molar refractivity (Wildman–Crippen MR) is 130 cm³/mol. The summed E-state index contributed by atoms with van der Waals surface area (Å²) in [6.45, 7) is 2.38. The topological polar surface area (TPSA) is 56.1 Å². The molecule has 174 valence electrons. The summed E-state index contributed by atoms with van der Waals surface area (Å²) in [5.74, 6) is 3.41. The minimum atomic E-state index is 0.443. The summed E-state index contributed by atoms with van der Waals surface area (Å²) in [6.07, 6.45) is 16.0. The summed E-state index contributed by atoms with van der Waals surface area (Å²) in [7, 11) is 1.62. The van der Waals surface area contributed by atoms with Crippen molar-refractivity contribution in [1.29, 1.82) is 0 Å². The first-order valence-electron chi connectivity index (χ1n) is 12.9. The third-order valence-corrected chi connectivity index (χ3v) is 8.40. The van der Waals surface area contributed by atoms with Crippen LogP contribution in [0.1, 0.15) is 63.8 Å². The van der Waals surface area contributed by atoms with Crippen molar-refractivity contribution in [1.82, 2.24) is 24.4 Å². The molecule has 0 spiro atoms. The van der Waals surface area contributed by atoms with E-state index in [4.69, 9.17) is 9.72 Å². The molecule has 2 bridgehead atoms. The normalized spacial score (nSPS) is 26.9. The lowest BCUT2D eigenvalue weighted by Crippen LogP contribution is -2.45. The fourth-order valence-electron chi connectivity index (χ4n) is 6.81. The van der Waals surface area contributed by atoms with E-state index >= 15 is 0 Å². The minimum Gasteiger partial charge on any atom is -0.480 e. The number of ether oxygens (including phenoxy) is 1. The van der Waals surface area contributed by atoms with E-state index in [1.807, 2.05) is 0 Å². The van der Waals surface area contributed by atoms with Gasteiger partial charge < -0.3 is 14.2 Å². The number of imidazole rings is 1. The Bertz CT molecular complexity index is 1070. The van der Waals surface area contributed by atoms with Gasteiger partial charge in [0.2, 0.25) is 5.88 Å². The number of hydrogen-bond donors (Lipinski definition) is 0. The van der Waals surface area contributed by atoms with Crippen molar-refractivity contribution < 1.29 is 4.74 Å². The molecule has 3 heterocycles. The summed E-state index contributed by atoms with van der Waals surface area (Å²) in [5, 5.41) is 0. The molecule has 1 saturated heterocycles. The van der Waals surface area contributed by atoms with Gasteiger partial charge >= 0.3 is 0 Å². The Morgan fingerprint density at radius 2 is 1.61 bits per heavy atom. The highest BCUT2D eigenvalue weighted by Gasteiger charge is 2.35. The molecule has 0 amide bonds. The van der Waals surface area contributed by atoms with Gasteiger partial charge in [0.25, 0.3) is 0 Å². The molecule has 6 heteroatoms. The fraction of sp³-hybridized carbons (Fsp3) is 0.593. The number of para-hydroxylation sites is 2.